The van der Waals surface area contributed by atoms with E-state index in [1.165, 1.54) is 38.6 Å². The van der Waals surface area contributed by atoms with E-state index in [-0.39, 0.29) is 36.1 Å². The van der Waals surface area contributed by atoms with E-state index in [2.05, 4.69) is 26.3 Å². The molecule has 4 atom stereocenters. The molecular formula is C31H44N6O7S. The zero-order chi connectivity index (χ0) is 33.3. The van der Waals surface area contributed by atoms with Crippen LogP contribution in [0.3, 0.4) is 0 Å². The summed E-state index contributed by atoms with van der Waals surface area (Å²) in [5.74, 6) is -2.11. The Labute approximate surface area is 264 Å². The Morgan fingerprint density at radius 2 is 1.58 bits per heavy atom. The van der Waals surface area contributed by atoms with Crippen molar-refractivity contribution in [1.29, 1.82) is 0 Å². The number of amides is 4. The minimum Gasteiger partial charge on any atom is -0.497 e. The number of ether oxygens (including phenoxy) is 1. The smallest absolute Gasteiger partial charge is 0.245 e. The lowest BCUT2D eigenvalue weighted by Gasteiger charge is -2.30. The van der Waals surface area contributed by atoms with Crippen LogP contribution in [-0.4, -0.2) is 85.7 Å². The molecule has 4 amide bonds. The first kappa shape index (κ1) is 35.4. The van der Waals surface area contributed by atoms with Gasteiger partial charge in [0.2, 0.25) is 33.7 Å². The fourth-order valence-electron chi connectivity index (χ4n) is 4.81. The van der Waals surface area contributed by atoms with Crippen LogP contribution in [0.4, 0.5) is 0 Å². The first-order valence-electron chi connectivity index (χ1n) is 14.9. The summed E-state index contributed by atoms with van der Waals surface area (Å²) in [5.41, 5.74) is 0.729. The van der Waals surface area contributed by atoms with Crippen LogP contribution < -0.4 is 26.0 Å². The van der Waals surface area contributed by atoms with Gasteiger partial charge in [-0.1, -0.05) is 39.8 Å². The van der Waals surface area contributed by atoms with Crippen molar-refractivity contribution < 1.29 is 32.3 Å². The average Bonchev–Trinajstić information content (AvgIpc) is 2.99. The molecule has 0 spiro atoms. The molecule has 2 aromatic rings. The van der Waals surface area contributed by atoms with Gasteiger partial charge in [-0.05, 0) is 55.0 Å². The maximum absolute atomic E-state index is 13.7. The molecule has 1 aromatic heterocycles. The van der Waals surface area contributed by atoms with Crippen molar-refractivity contribution in [2.75, 3.05) is 20.2 Å². The highest BCUT2D eigenvalue weighted by molar-refractivity contribution is 7.89. The highest BCUT2D eigenvalue weighted by Crippen LogP contribution is 2.18. The Morgan fingerprint density at radius 3 is 2.16 bits per heavy atom. The summed E-state index contributed by atoms with van der Waals surface area (Å²) >= 11 is 0. The number of pyridine rings is 1. The molecule has 246 valence electrons. The van der Waals surface area contributed by atoms with Crippen LogP contribution in [0.1, 0.15) is 46.6 Å². The molecule has 1 fully saturated rings. The van der Waals surface area contributed by atoms with Gasteiger partial charge < -0.3 is 26.0 Å². The molecule has 0 unspecified atom stereocenters. The third-order valence-corrected chi connectivity index (χ3v) is 9.26. The first-order valence-corrected chi connectivity index (χ1v) is 16.4. The largest absolute Gasteiger partial charge is 0.497 e. The summed E-state index contributed by atoms with van der Waals surface area (Å²) < 4.78 is 33.6. The third-order valence-electron chi connectivity index (χ3n) is 7.47. The number of carbonyl (C=O) groups excluding carboxylic acids is 4. The number of nitrogens with one attached hydrogen (secondary N) is 4. The summed E-state index contributed by atoms with van der Waals surface area (Å²) in [6.07, 6.45) is 2.95. The van der Waals surface area contributed by atoms with E-state index < -0.39 is 64.4 Å². The second-order valence-corrected chi connectivity index (χ2v) is 13.9. The fraction of sp³-hybridized carbons (Fsp3) is 0.516. The van der Waals surface area contributed by atoms with Gasteiger partial charge in [0.1, 0.15) is 28.8 Å². The third kappa shape index (κ3) is 9.98. The Morgan fingerprint density at radius 1 is 0.911 bits per heavy atom. The second-order valence-electron chi connectivity index (χ2n) is 11.9. The van der Waals surface area contributed by atoms with E-state index in [0.717, 1.165) is 9.87 Å². The number of hydrogen-bond acceptors (Lipinski definition) is 8. The van der Waals surface area contributed by atoms with Gasteiger partial charge in [-0.15, -0.1) is 0 Å². The summed E-state index contributed by atoms with van der Waals surface area (Å²) in [6.45, 7) is 8.03. The van der Waals surface area contributed by atoms with Gasteiger partial charge in [-0.25, -0.2) is 8.42 Å². The van der Waals surface area contributed by atoms with Crippen LogP contribution >= 0.6 is 0 Å². The van der Waals surface area contributed by atoms with E-state index in [1.54, 1.807) is 24.3 Å². The van der Waals surface area contributed by atoms with Crippen LogP contribution in [-0.2, 0) is 35.6 Å². The van der Waals surface area contributed by atoms with Gasteiger partial charge in [-0.2, -0.15) is 4.31 Å². The zero-order valence-electron chi connectivity index (χ0n) is 26.6. The molecule has 1 aliphatic heterocycles. The minimum atomic E-state index is -4.24. The lowest BCUT2D eigenvalue weighted by atomic mass is 10.0. The van der Waals surface area contributed by atoms with E-state index in [9.17, 15) is 27.6 Å². The zero-order valence-corrected chi connectivity index (χ0v) is 27.4. The number of nitrogens with zero attached hydrogens (tertiary/aromatic N) is 2. The molecule has 3 rings (SSSR count). The molecule has 1 saturated heterocycles. The summed E-state index contributed by atoms with van der Waals surface area (Å²) in [5, 5.41) is 11.0. The van der Waals surface area contributed by atoms with Gasteiger partial charge in [0, 0.05) is 31.4 Å². The summed E-state index contributed by atoms with van der Waals surface area (Å²) in [7, 11) is -2.70. The highest BCUT2D eigenvalue weighted by Gasteiger charge is 2.35. The van der Waals surface area contributed by atoms with Gasteiger partial charge in [-0.3, -0.25) is 24.2 Å². The van der Waals surface area contributed by atoms with Gasteiger partial charge in [0.05, 0.1) is 13.7 Å². The molecule has 1 aliphatic rings. The number of hydrogen-bond donors (Lipinski definition) is 4. The summed E-state index contributed by atoms with van der Waals surface area (Å²) in [6, 6.07) is 5.95. The van der Waals surface area contributed by atoms with Crippen molar-refractivity contribution in [3.8, 4) is 5.75 Å². The molecule has 13 nitrogen and oxygen atoms in total. The SMILES string of the molecule is COc1ccc(C[C@@H]2NC(=O)[C@H](CC(C)C)NC(=O)CN(S(=O)(=O)c3cccnc3)C[C@H](C(C)C)NC(=O)[C@@H](C)NC2=O)cc1. The highest BCUT2D eigenvalue weighted by atomic mass is 32.2. The number of methoxy groups -OCH3 is 1. The number of benzene rings is 1. The number of carbonyl (C=O) groups is 4. The van der Waals surface area contributed by atoms with E-state index >= 15 is 0 Å². The van der Waals surface area contributed by atoms with Crippen LogP contribution in [0, 0.1) is 11.8 Å². The maximum Gasteiger partial charge on any atom is 0.245 e. The minimum absolute atomic E-state index is 0.0283. The molecule has 0 aliphatic carbocycles. The molecule has 1 aromatic carbocycles. The lowest BCUT2D eigenvalue weighted by Crippen LogP contribution is -2.57. The molecule has 14 heteroatoms. The average molecular weight is 645 g/mol. The van der Waals surface area contributed by atoms with Crippen molar-refractivity contribution in [1.82, 2.24) is 30.6 Å². The van der Waals surface area contributed by atoms with Gasteiger partial charge in [0.25, 0.3) is 0 Å². The van der Waals surface area contributed by atoms with Gasteiger partial charge in [0.15, 0.2) is 0 Å². The molecular weight excluding hydrogens is 600 g/mol. The fourth-order valence-corrected chi connectivity index (χ4v) is 6.19. The van der Waals surface area contributed by atoms with Crippen LogP contribution in [0.2, 0.25) is 0 Å². The standard InChI is InChI=1S/C31H44N6O7S/c1-19(2)14-25-31(41)35-26(15-22-9-11-23(44-6)12-10-22)30(40)33-21(5)29(39)36-27(20(3)4)17-37(18-28(38)34-25)45(42,43)24-8-7-13-32-16-24/h7-13,16,19-21,25-27H,14-15,17-18H2,1-6H3,(H,33,40)(H,34,38)(H,35,41)(H,36,39)/t21-,25+,26+,27-/m1/s1. The molecule has 4 N–H and O–H groups in total. The van der Waals surface area contributed by atoms with Crippen molar-refractivity contribution in [2.24, 2.45) is 11.8 Å². The Bertz CT molecular complexity index is 1430. The molecule has 2 heterocycles. The predicted molar refractivity (Wildman–Crippen MR) is 167 cm³/mol. The van der Waals surface area contributed by atoms with Crippen molar-refractivity contribution >= 4 is 33.7 Å². The molecule has 0 saturated carbocycles. The lowest BCUT2D eigenvalue weighted by molar-refractivity contribution is -0.133. The second kappa shape index (κ2) is 15.8. The normalized spacial score (nSPS) is 22.9. The van der Waals surface area contributed by atoms with E-state index in [4.69, 9.17) is 4.74 Å². The van der Waals surface area contributed by atoms with Crippen molar-refractivity contribution in [3.63, 3.8) is 0 Å². The maximum atomic E-state index is 13.7. The molecule has 45 heavy (non-hydrogen) atoms. The summed E-state index contributed by atoms with van der Waals surface area (Å²) in [4.78, 5) is 57.7. The Hall–Kier alpha value is -4.04. The molecule has 0 radical (unpaired) electrons. The molecule has 0 bridgehead atoms. The Balaban J connectivity index is 2.02. The first-order chi connectivity index (χ1) is 21.2. The number of sulfonamides is 1. The van der Waals surface area contributed by atoms with Crippen LogP contribution in [0.5, 0.6) is 5.75 Å². The van der Waals surface area contributed by atoms with Crippen LogP contribution in [0.15, 0.2) is 53.7 Å². The van der Waals surface area contributed by atoms with Gasteiger partial charge >= 0.3 is 0 Å². The van der Waals surface area contributed by atoms with E-state index in [0.29, 0.717) is 5.75 Å². The number of rotatable bonds is 8. The van der Waals surface area contributed by atoms with Crippen molar-refractivity contribution in [2.45, 2.75) is 76.5 Å². The predicted octanol–water partition coefficient (Wildman–Crippen LogP) is 0.998. The quantitative estimate of drug-likeness (QED) is 0.329. The van der Waals surface area contributed by atoms with E-state index in [1.807, 2.05) is 27.7 Å². The van der Waals surface area contributed by atoms with Crippen molar-refractivity contribution in [3.05, 3.63) is 54.4 Å². The number of aromatic nitrogens is 1. The topological polar surface area (TPSA) is 176 Å². The Kier molecular flexibility index (Phi) is 12.4. The monoisotopic (exact) mass is 644 g/mol. The van der Waals surface area contributed by atoms with Crippen LogP contribution in [0.25, 0.3) is 0 Å².